The Bertz CT molecular complexity index is 232. The SMILES string of the molecule is CC(=O)O.Cl.Cl.O=CC(O)C(O)C(O)C(O)CO.[CaH2].[KH].[NaH].[NaH]. The predicted octanol–water partition coefficient (Wildman–Crippen LogP) is -5.31. The van der Waals surface area contributed by atoms with Crippen LogP contribution >= 0.6 is 24.8 Å². The second-order valence-electron chi connectivity index (χ2n) is 2.88. The summed E-state index contributed by atoms with van der Waals surface area (Å²) < 4.78 is 0. The van der Waals surface area contributed by atoms with Gasteiger partial charge in [0.2, 0.25) is 0 Å². The van der Waals surface area contributed by atoms with Gasteiger partial charge in [-0.15, -0.1) is 24.8 Å². The van der Waals surface area contributed by atoms with Crippen LogP contribution in [0.1, 0.15) is 6.92 Å². The van der Waals surface area contributed by atoms with Gasteiger partial charge in [-0.25, -0.2) is 0 Å². The van der Waals surface area contributed by atoms with E-state index in [9.17, 15) is 4.79 Å². The summed E-state index contributed by atoms with van der Waals surface area (Å²) in [7, 11) is 0. The number of carboxylic acids is 1. The van der Waals surface area contributed by atoms with Crippen molar-refractivity contribution < 1.29 is 40.2 Å². The van der Waals surface area contributed by atoms with Crippen LogP contribution in [0.5, 0.6) is 0 Å². The summed E-state index contributed by atoms with van der Waals surface area (Å²) in [5, 5.41) is 51.0. The van der Waals surface area contributed by atoms with Crippen molar-refractivity contribution in [3.63, 3.8) is 0 Å². The van der Waals surface area contributed by atoms with E-state index in [2.05, 4.69) is 0 Å². The molecule has 0 bridgehead atoms. The predicted molar refractivity (Wildman–Crippen MR) is 95.0 cm³/mol. The number of carboxylic acid groups (broad SMARTS) is 1. The van der Waals surface area contributed by atoms with Gasteiger partial charge in [0.1, 0.15) is 24.4 Å². The van der Waals surface area contributed by atoms with Crippen molar-refractivity contribution in [3.05, 3.63) is 0 Å². The quantitative estimate of drug-likeness (QED) is 0.182. The summed E-state index contributed by atoms with van der Waals surface area (Å²) in [6.45, 7) is 0.323. The van der Waals surface area contributed by atoms with Crippen LogP contribution in [0.4, 0.5) is 0 Å². The third-order valence-electron chi connectivity index (χ3n) is 1.42. The average Bonchev–Trinajstić information content (AvgIpc) is 2.24. The van der Waals surface area contributed by atoms with E-state index in [0.717, 1.165) is 6.92 Å². The van der Waals surface area contributed by atoms with E-state index in [-0.39, 0.29) is 179 Å². The zero-order valence-electron chi connectivity index (χ0n) is 9.41. The molecule has 0 aromatic rings. The molecule has 0 saturated carbocycles. The molecule has 0 saturated heterocycles. The van der Waals surface area contributed by atoms with E-state index >= 15 is 0 Å². The van der Waals surface area contributed by atoms with Gasteiger partial charge in [0, 0.05) is 6.92 Å². The van der Waals surface area contributed by atoms with Gasteiger partial charge in [0.15, 0.2) is 6.29 Å². The minimum absolute atomic E-state index is 0. The summed E-state index contributed by atoms with van der Waals surface area (Å²) in [4.78, 5) is 18.9. The Labute approximate surface area is 258 Å². The van der Waals surface area contributed by atoms with Crippen LogP contribution in [0.2, 0.25) is 0 Å². The molecule has 0 aromatic carbocycles. The molecule has 0 fully saturated rings. The molecule has 0 aromatic heterocycles. The van der Waals surface area contributed by atoms with Gasteiger partial charge in [0.05, 0.1) is 6.61 Å². The molecule has 0 spiro atoms. The standard InChI is InChI=1S/C6H12O6.C2H4O2.Ca.2ClH.K.2Na.5H/c7-1-3(9)5(11)6(12)4(10)2-8;1-2(3)4;;;;;;;;;;;/h1,3-6,8-12H,2H2;1H3,(H,3,4);;2*1H;;;;;;;;. The number of aliphatic hydroxyl groups excluding tert-OH is 5. The number of aliphatic carboxylic acids is 1. The molecular weight excluding hydrogens is 420 g/mol. The summed E-state index contributed by atoms with van der Waals surface area (Å²) >= 11 is 0. The van der Waals surface area contributed by atoms with Crippen LogP contribution in [0.3, 0.4) is 0 Å². The second kappa shape index (κ2) is 33.0. The normalized spacial score (nSPS) is 12.6. The maximum atomic E-state index is 9.90. The first-order valence-corrected chi connectivity index (χ1v) is 4.25. The van der Waals surface area contributed by atoms with Gasteiger partial charge in [0.25, 0.3) is 5.97 Å². The van der Waals surface area contributed by atoms with Gasteiger partial charge < -0.3 is 35.4 Å². The van der Waals surface area contributed by atoms with E-state index in [1.165, 1.54) is 0 Å². The van der Waals surface area contributed by atoms with Crippen LogP contribution in [-0.2, 0) is 9.59 Å². The Balaban J connectivity index is -0.0000000296. The molecule has 0 heterocycles. The van der Waals surface area contributed by atoms with Gasteiger partial charge in [-0.1, -0.05) is 0 Å². The molecule has 22 heavy (non-hydrogen) atoms. The van der Waals surface area contributed by atoms with Crippen LogP contribution in [0.25, 0.3) is 0 Å². The van der Waals surface area contributed by atoms with Gasteiger partial charge in [-0.05, 0) is 0 Å². The number of aliphatic hydroxyl groups is 5. The number of hydrogen-bond donors (Lipinski definition) is 6. The second-order valence-corrected chi connectivity index (χ2v) is 2.88. The average molecular weight is 443 g/mol. The molecular formula is C8H23CaCl2KNa2O8. The molecule has 0 amide bonds. The van der Waals surface area contributed by atoms with Crippen molar-refractivity contribution in [1.82, 2.24) is 0 Å². The fourth-order valence-corrected chi connectivity index (χ4v) is 0.618. The van der Waals surface area contributed by atoms with Gasteiger partial charge in [-0.3, -0.25) is 4.79 Å². The van der Waals surface area contributed by atoms with Crippen molar-refractivity contribution >= 4 is 185 Å². The van der Waals surface area contributed by atoms with Crippen LogP contribution < -0.4 is 0 Å². The molecule has 4 unspecified atom stereocenters. The number of halogens is 2. The Kier molecular flexibility index (Phi) is 75.6. The molecule has 0 rings (SSSR count). The summed E-state index contributed by atoms with van der Waals surface area (Å²) in [6, 6.07) is 0. The molecule has 0 radical (unpaired) electrons. The van der Waals surface area contributed by atoms with Crippen LogP contribution in [0, 0.1) is 0 Å². The Morgan fingerprint density at radius 1 is 1.05 bits per heavy atom. The first-order valence-electron chi connectivity index (χ1n) is 4.25. The summed E-state index contributed by atoms with van der Waals surface area (Å²) in [6.07, 6.45) is -6.84. The third kappa shape index (κ3) is 32.1. The fourth-order valence-electron chi connectivity index (χ4n) is 0.618. The first-order chi connectivity index (χ1) is 7.27. The van der Waals surface area contributed by atoms with E-state index in [4.69, 9.17) is 35.4 Å². The van der Waals surface area contributed by atoms with Crippen molar-refractivity contribution in [2.45, 2.75) is 31.3 Å². The molecule has 6 N–H and O–H groups in total. The van der Waals surface area contributed by atoms with E-state index in [1.54, 1.807) is 0 Å². The van der Waals surface area contributed by atoms with Crippen molar-refractivity contribution in [2.24, 2.45) is 0 Å². The van der Waals surface area contributed by atoms with Crippen LogP contribution in [0.15, 0.2) is 0 Å². The maximum absolute atomic E-state index is 9.90. The topological polar surface area (TPSA) is 156 Å². The minimum atomic E-state index is -1.79. The van der Waals surface area contributed by atoms with Gasteiger partial charge >= 0.3 is 148 Å². The van der Waals surface area contributed by atoms with Gasteiger partial charge in [-0.2, -0.15) is 0 Å². The number of hydrogen-bond acceptors (Lipinski definition) is 7. The Morgan fingerprint density at radius 2 is 1.32 bits per heavy atom. The molecule has 0 aliphatic heterocycles. The van der Waals surface area contributed by atoms with Crippen molar-refractivity contribution in [1.29, 1.82) is 0 Å². The molecule has 122 valence electrons. The molecule has 0 aliphatic carbocycles. The van der Waals surface area contributed by atoms with E-state index in [0.29, 0.717) is 0 Å². The molecule has 4 atom stereocenters. The number of aldehydes is 1. The zero-order chi connectivity index (χ0) is 13.3. The van der Waals surface area contributed by atoms with E-state index < -0.39 is 37.0 Å². The molecule has 0 aliphatic rings. The number of carbonyl (C=O) groups is 2. The number of carbonyl (C=O) groups excluding carboxylic acids is 1. The summed E-state index contributed by atoms with van der Waals surface area (Å²) in [5.74, 6) is -0.833. The monoisotopic (exact) mass is 442 g/mol. The zero-order valence-corrected chi connectivity index (χ0v) is 11.0. The Hall–Kier alpha value is 4.42. The molecule has 14 heteroatoms. The molecule has 8 nitrogen and oxygen atoms in total. The van der Waals surface area contributed by atoms with Crippen LogP contribution in [-0.4, -0.2) is 222 Å². The van der Waals surface area contributed by atoms with E-state index in [1.807, 2.05) is 0 Å². The van der Waals surface area contributed by atoms with Crippen molar-refractivity contribution in [2.75, 3.05) is 6.61 Å². The summed E-state index contributed by atoms with van der Waals surface area (Å²) in [5.41, 5.74) is 0. The Morgan fingerprint density at radius 3 is 1.50 bits per heavy atom. The fraction of sp³-hybridized carbons (Fsp3) is 0.750. The first kappa shape index (κ1) is 50.3. The number of rotatable bonds is 5. The van der Waals surface area contributed by atoms with Crippen molar-refractivity contribution in [3.8, 4) is 0 Å². The third-order valence-corrected chi connectivity index (χ3v) is 1.42.